The minimum Gasteiger partial charge on any atom is -0.423 e. The zero-order chi connectivity index (χ0) is 12.5. The van der Waals surface area contributed by atoms with Crippen LogP contribution in [0, 0.1) is 0 Å². The lowest BCUT2D eigenvalue weighted by molar-refractivity contribution is 0.426. The molecule has 2 N–H and O–H groups in total. The molecule has 0 amide bonds. The minimum absolute atomic E-state index is 0.419. The maximum atomic E-state index is 9.31. The molecule has 4 nitrogen and oxygen atoms in total. The van der Waals surface area contributed by atoms with Crippen LogP contribution < -0.4 is 5.46 Å². The van der Waals surface area contributed by atoms with Crippen molar-refractivity contribution in [1.82, 2.24) is 9.55 Å². The number of rotatable bonds is 2. The van der Waals surface area contributed by atoms with Crippen molar-refractivity contribution < 1.29 is 10.0 Å². The van der Waals surface area contributed by atoms with Gasteiger partial charge in [0.05, 0.1) is 11.0 Å². The van der Waals surface area contributed by atoms with Crippen LogP contribution in [-0.2, 0) is 0 Å². The fourth-order valence-corrected chi connectivity index (χ4v) is 2.06. The Balaban J connectivity index is 2.25. The van der Waals surface area contributed by atoms with Gasteiger partial charge in [0.15, 0.2) is 0 Å². The molecule has 0 spiro atoms. The van der Waals surface area contributed by atoms with Crippen LogP contribution in [0.1, 0.15) is 0 Å². The highest BCUT2D eigenvalue weighted by molar-refractivity contribution is 6.61. The van der Waals surface area contributed by atoms with Crippen molar-refractivity contribution in [1.29, 1.82) is 0 Å². The topological polar surface area (TPSA) is 58.3 Å². The molecule has 3 aromatic rings. The van der Waals surface area contributed by atoms with Gasteiger partial charge in [-0.3, -0.25) is 4.57 Å². The molecule has 5 heteroatoms. The lowest BCUT2D eigenvalue weighted by Crippen LogP contribution is -2.30. The summed E-state index contributed by atoms with van der Waals surface area (Å²) in [6.07, 6.45) is 1.69. The van der Waals surface area contributed by atoms with Crippen LogP contribution in [-0.4, -0.2) is 26.7 Å². The van der Waals surface area contributed by atoms with Gasteiger partial charge in [-0.1, -0.05) is 30.3 Å². The number of para-hydroxylation sites is 2. The molecule has 0 saturated heterocycles. The molecule has 88 valence electrons. The van der Waals surface area contributed by atoms with E-state index in [2.05, 4.69) is 4.98 Å². The van der Waals surface area contributed by atoms with Gasteiger partial charge in [0, 0.05) is 11.2 Å². The summed E-state index contributed by atoms with van der Waals surface area (Å²) >= 11 is 0. The SMILES string of the molecule is OB(O)c1cccc2c1ncn2-c1ccccc1. The predicted molar refractivity (Wildman–Crippen MR) is 70.9 cm³/mol. The number of benzene rings is 2. The zero-order valence-corrected chi connectivity index (χ0v) is 9.56. The zero-order valence-electron chi connectivity index (χ0n) is 9.56. The van der Waals surface area contributed by atoms with Crippen LogP contribution in [0.4, 0.5) is 0 Å². The van der Waals surface area contributed by atoms with Gasteiger partial charge in [-0.2, -0.15) is 0 Å². The summed E-state index contributed by atoms with van der Waals surface area (Å²) in [6, 6.07) is 15.2. The van der Waals surface area contributed by atoms with Gasteiger partial charge in [0.25, 0.3) is 0 Å². The van der Waals surface area contributed by atoms with Gasteiger partial charge in [-0.05, 0) is 18.2 Å². The Hall–Kier alpha value is -2.11. The van der Waals surface area contributed by atoms with E-state index in [0.29, 0.717) is 11.0 Å². The van der Waals surface area contributed by atoms with Gasteiger partial charge in [-0.15, -0.1) is 0 Å². The lowest BCUT2D eigenvalue weighted by atomic mass is 9.79. The van der Waals surface area contributed by atoms with E-state index in [1.807, 2.05) is 41.0 Å². The van der Waals surface area contributed by atoms with E-state index in [9.17, 15) is 10.0 Å². The van der Waals surface area contributed by atoms with Gasteiger partial charge in [0.1, 0.15) is 6.33 Å². The smallest absolute Gasteiger partial charge is 0.423 e. The first-order chi connectivity index (χ1) is 8.77. The third-order valence-corrected chi connectivity index (χ3v) is 2.92. The molecule has 0 radical (unpaired) electrons. The average Bonchev–Trinajstić information content (AvgIpc) is 2.83. The van der Waals surface area contributed by atoms with Crippen molar-refractivity contribution in [3.8, 4) is 5.69 Å². The Morgan fingerprint density at radius 2 is 1.72 bits per heavy atom. The van der Waals surface area contributed by atoms with Crippen LogP contribution in [0.2, 0.25) is 0 Å². The first-order valence-electron chi connectivity index (χ1n) is 5.65. The number of nitrogens with zero attached hydrogens (tertiary/aromatic N) is 2. The van der Waals surface area contributed by atoms with Crippen LogP contribution >= 0.6 is 0 Å². The second-order valence-electron chi connectivity index (χ2n) is 4.04. The van der Waals surface area contributed by atoms with Crippen LogP contribution in [0.25, 0.3) is 16.7 Å². The van der Waals surface area contributed by atoms with Crippen molar-refractivity contribution >= 4 is 23.6 Å². The van der Waals surface area contributed by atoms with Gasteiger partial charge < -0.3 is 10.0 Å². The Morgan fingerprint density at radius 1 is 0.944 bits per heavy atom. The van der Waals surface area contributed by atoms with Crippen molar-refractivity contribution in [2.24, 2.45) is 0 Å². The lowest BCUT2D eigenvalue weighted by Gasteiger charge is -2.05. The Labute approximate surface area is 104 Å². The molecule has 18 heavy (non-hydrogen) atoms. The highest BCUT2D eigenvalue weighted by Crippen LogP contribution is 2.16. The van der Waals surface area contributed by atoms with E-state index in [1.54, 1.807) is 18.5 Å². The number of hydrogen-bond acceptors (Lipinski definition) is 3. The van der Waals surface area contributed by atoms with Gasteiger partial charge in [-0.25, -0.2) is 4.98 Å². The van der Waals surface area contributed by atoms with Crippen molar-refractivity contribution in [2.45, 2.75) is 0 Å². The summed E-state index contributed by atoms with van der Waals surface area (Å²) < 4.78 is 1.92. The van der Waals surface area contributed by atoms with E-state index >= 15 is 0 Å². The molecule has 1 aromatic heterocycles. The molecule has 0 fully saturated rings. The van der Waals surface area contributed by atoms with E-state index in [4.69, 9.17) is 0 Å². The molecular formula is C13H11BN2O2. The molecular weight excluding hydrogens is 227 g/mol. The summed E-state index contributed by atoms with van der Waals surface area (Å²) in [4.78, 5) is 4.26. The molecule has 0 unspecified atom stereocenters. The average molecular weight is 238 g/mol. The summed E-state index contributed by atoms with van der Waals surface area (Å²) in [7, 11) is -1.51. The quantitative estimate of drug-likeness (QED) is 0.646. The summed E-state index contributed by atoms with van der Waals surface area (Å²) in [6.45, 7) is 0. The molecule has 0 aliphatic heterocycles. The number of fused-ring (bicyclic) bond motifs is 1. The number of imidazole rings is 1. The third kappa shape index (κ3) is 1.70. The second kappa shape index (κ2) is 4.29. The fraction of sp³-hybridized carbons (Fsp3) is 0. The van der Waals surface area contributed by atoms with E-state index < -0.39 is 7.12 Å². The Kier molecular flexibility index (Phi) is 2.62. The highest BCUT2D eigenvalue weighted by Gasteiger charge is 2.17. The van der Waals surface area contributed by atoms with Crippen molar-refractivity contribution in [2.75, 3.05) is 0 Å². The first-order valence-corrected chi connectivity index (χ1v) is 5.65. The third-order valence-electron chi connectivity index (χ3n) is 2.92. The summed E-state index contributed by atoms with van der Waals surface area (Å²) in [5.41, 5.74) is 2.87. The molecule has 2 aromatic carbocycles. The summed E-state index contributed by atoms with van der Waals surface area (Å²) in [5.74, 6) is 0. The molecule has 0 bridgehead atoms. The number of hydrogen-bond donors (Lipinski definition) is 2. The van der Waals surface area contributed by atoms with Crippen LogP contribution in [0.3, 0.4) is 0 Å². The molecule has 0 aliphatic carbocycles. The molecule has 0 saturated carbocycles. The largest absolute Gasteiger partial charge is 0.490 e. The highest BCUT2D eigenvalue weighted by atomic mass is 16.4. The molecule has 0 atom stereocenters. The number of aromatic nitrogens is 2. The van der Waals surface area contributed by atoms with Crippen LogP contribution in [0.5, 0.6) is 0 Å². The van der Waals surface area contributed by atoms with E-state index in [0.717, 1.165) is 11.2 Å². The van der Waals surface area contributed by atoms with Gasteiger partial charge in [0.2, 0.25) is 0 Å². The maximum Gasteiger partial charge on any atom is 0.490 e. The Bertz CT molecular complexity index is 680. The standard InChI is InChI=1S/C13H11BN2O2/c17-14(18)11-7-4-8-12-13(11)15-9-16(12)10-5-2-1-3-6-10/h1-9,17-18H. The van der Waals surface area contributed by atoms with Crippen molar-refractivity contribution in [3.05, 3.63) is 54.9 Å². The second-order valence-corrected chi connectivity index (χ2v) is 4.04. The minimum atomic E-state index is -1.51. The van der Waals surface area contributed by atoms with Crippen LogP contribution in [0.15, 0.2) is 54.9 Å². The van der Waals surface area contributed by atoms with Crippen molar-refractivity contribution in [3.63, 3.8) is 0 Å². The normalized spacial score (nSPS) is 10.8. The fourth-order valence-electron chi connectivity index (χ4n) is 2.06. The predicted octanol–water partition coefficient (Wildman–Crippen LogP) is 0.705. The first kappa shape index (κ1) is 11.0. The van der Waals surface area contributed by atoms with E-state index in [-0.39, 0.29) is 0 Å². The van der Waals surface area contributed by atoms with E-state index in [1.165, 1.54) is 0 Å². The molecule has 1 heterocycles. The van der Waals surface area contributed by atoms with Gasteiger partial charge >= 0.3 is 7.12 Å². The molecule has 3 rings (SSSR count). The Morgan fingerprint density at radius 3 is 2.44 bits per heavy atom. The molecule has 0 aliphatic rings. The summed E-state index contributed by atoms with van der Waals surface area (Å²) in [5, 5.41) is 18.6. The monoisotopic (exact) mass is 238 g/mol. The maximum absolute atomic E-state index is 9.31.